The molecule has 0 unspecified atom stereocenters. The highest BCUT2D eigenvalue weighted by Gasteiger charge is 2.31. The molecule has 0 spiro atoms. The summed E-state index contributed by atoms with van der Waals surface area (Å²) < 4.78 is 88.7. The Bertz CT molecular complexity index is 3300. The normalized spacial score (nSPS) is 11.5. The van der Waals surface area contributed by atoms with Gasteiger partial charge in [0.2, 0.25) is 5.91 Å². The van der Waals surface area contributed by atoms with Crippen LogP contribution in [0.1, 0.15) is 35.1 Å². The lowest BCUT2D eigenvalue weighted by Crippen LogP contribution is -2.11. The summed E-state index contributed by atoms with van der Waals surface area (Å²) in [6, 6.07) is 21.2. The van der Waals surface area contributed by atoms with E-state index in [4.69, 9.17) is 15.4 Å². The van der Waals surface area contributed by atoms with E-state index in [1.165, 1.54) is 47.7 Å². The van der Waals surface area contributed by atoms with Crippen LogP contribution in [0.2, 0.25) is 0 Å². The number of alkyl halides is 6. The van der Waals surface area contributed by atoms with E-state index >= 15 is 0 Å². The van der Waals surface area contributed by atoms with E-state index < -0.39 is 29.4 Å². The molecule has 0 saturated heterocycles. The first-order chi connectivity index (χ1) is 33.1. The maximum absolute atomic E-state index is 12.8. The van der Waals surface area contributed by atoms with Gasteiger partial charge in [-0.15, -0.1) is 0 Å². The number of aryl methyl sites for hydroxylation is 2. The van der Waals surface area contributed by atoms with Crippen LogP contribution in [0.5, 0.6) is 0 Å². The maximum Gasteiger partial charge on any atom is 0.416 e. The number of aliphatic carboxylic acids is 1. The predicted octanol–water partition coefficient (Wildman–Crippen LogP) is 10.9. The number of aromatic nitrogens is 8. The van der Waals surface area contributed by atoms with Gasteiger partial charge in [-0.2, -0.15) is 36.5 Å². The summed E-state index contributed by atoms with van der Waals surface area (Å²) in [5.74, 6) is -0.941. The highest BCUT2D eigenvalue weighted by atomic mass is 19.4. The summed E-state index contributed by atoms with van der Waals surface area (Å²) in [5.41, 5.74) is 13.8. The van der Waals surface area contributed by atoms with Crippen molar-refractivity contribution in [2.24, 2.45) is 0 Å². The lowest BCUT2D eigenvalue weighted by atomic mass is 10.1. The first-order valence-corrected chi connectivity index (χ1v) is 20.8. The number of halogens is 6. The number of anilines is 2. The van der Waals surface area contributed by atoms with Crippen molar-refractivity contribution >= 4 is 45.1 Å². The molecule has 0 radical (unpaired) electrons. The number of nitrogen functional groups attached to an aromatic ring is 1. The number of aromatic amines is 2. The maximum atomic E-state index is 12.8. The van der Waals surface area contributed by atoms with Gasteiger partial charge in [0.15, 0.2) is 0 Å². The van der Waals surface area contributed by atoms with Crippen molar-refractivity contribution in [2.45, 2.75) is 38.0 Å². The van der Waals surface area contributed by atoms with Crippen molar-refractivity contribution in [3.8, 4) is 33.6 Å². The van der Waals surface area contributed by atoms with Gasteiger partial charge in [-0.25, -0.2) is 9.36 Å². The van der Waals surface area contributed by atoms with Crippen molar-refractivity contribution in [3.63, 3.8) is 0 Å². The van der Waals surface area contributed by atoms with Crippen molar-refractivity contribution < 1.29 is 50.1 Å². The van der Waals surface area contributed by atoms with Crippen LogP contribution in [0.4, 0.5) is 37.7 Å². The summed E-state index contributed by atoms with van der Waals surface area (Å²) in [6.45, 7) is 0. The number of amides is 1. The topological polar surface area (TPSA) is 212 Å². The van der Waals surface area contributed by atoms with Crippen LogP contribution in [-0.2, 0) is 34.8 Å². The van der Waals surface area contributed by atoms with E-state index in [0.717, 1.165) is 79.5 Å². The van der Waals surface area contributed by atoms with Crippen molar-refractivity contribution in [2.75, 3.05) is 11.1 Å². The van der Waals surface area contributed by atoms with E-state index in [2.05, 4.69) is 40.3 Å². The minimum absolute atomic E-state index is 0.126. The molecular weight excluding hydrogens is 911 g/mol. The minimum atomic E-state index is -4.39. The van der Waals surface area contributed by atoms with Crippen LogP contribution in [0.15, 0.2) is 156 Å². The molecule has 0 aliphatic heterocycles. The third kappa shape index (κ3) is 11.6. The number of nitrogens with two attached hydrogens (primary N) is 1. The highest BCUT2D eigenvalue weighted by molar-refractivity contribution is 6.03. The van der Waals surface area contributed by atoms with Crippen LogP contribution < -0.4 is 11.1 Å². The average Bonchev–Trinajstić information content (AvgIpc) is 4.21. The fourth-order valence-electron chi connectivity index (χ4n) is 6.98. The van der Waals surface area contributed by atoms with E-state index in [1.807, 2.05) is 36.4 Å². The molecule has 1 amide bonds. The summed E-state index contributed by atoms with van der Waals surface area (Å²) in [7, 11) is 0. The molecule has 15 nitrogen and oxygen atoms in total. The van der Waals surface area contributed by atoms with Gasteiger partial charge < -0.3 is 35.2 Å². The molecule has 69 heavy (non-hydrogen) atoms. The SMILES string of the molecule is Nc1c[nH]c2ccc(-c3cnn(-c4ccc(C(F)(F)F)cc4)c3)cc12.O=C(CCc1cnoc1)Nc1c[nH]c2ccc(-c3cnn(-c4ccc(C(F)(F)F)cc4)c3)cc12.O=C(O)CCc1cnoc1. The molecule has 10 rings (SSSR count). The Kier molecular flexibility index (Phi) is 13.5. The molecule has 352 valence electrons. The average molecular weight is 949 g/mol. The first-order valence-electron chi connectivity index (χ1n) is 20.8. The quantitative estimate of drug-likeness (QED) is 0.0774. The van der Waals surface area contributed by atoms with Crippen LogP contribution in [0, 0.1) is 0 Å². The third-order valence-corrected chi connectivity index (χ3v) is 10.7. The van der Waals surface area contributed by atoms with Crippen molar-refractivity contribution in [1.29, 1.82) is 0 Å². The molecule has 6 aromatic heterocycles. The number of H-pyrrole nitrogens is 2. The number of carbonyl (C=O) groups excluding carboxylic acids is 1. The molecule has 6 N–H and O–H groups in total. The molecule has 10 aromatic rings. The van der Waals surface area contributed by atoms with Gasteiger partial charge in [0, 0.05) is 81.7 Å². The second-order valence-corrected chi connectivity index (χ2v) is 15.4. The van der Waals surface area contributed by atoms with E-state index in [9.17, 15) is 35.9 Å². The standard InChI is InChI=1S/C24H18F3N5O2.C18H13F3N4.C6H7NO3/c25-24(26,27)18-3-5-19(6-4-18)32-13-17(11-29-32)16-2-7-21-20(9-16)22(12-28-21)31-23(33)8-1-15-10-30-34-14-15;19-18(20,21)13-2-4-14(5-3-13)25-10-12(8-24-25)11-1-6-17-15(7-11)16(22)9-23-17;8-6(9)2-1-5-3-7-10-4-5/h2-7,9-14,28H,1,8H2,(H,31,33);1-10,23H,22H2;3-4H,1-2H2,(H,8,9). The Hall–Kier alpha value is -8.88. The van der Waals surface area contributed by atoms with Gasteiger partial charge in [0.25, 0.3) is 0 Å². The van der Waals surface area contributed by atoms with Gasteiger partial charge >= 0.3 is 18.3 Å². The Morgan fingerprint density at radius 3 is 1.58 bits per heavy atom. The molecule has 0 aliphatic rings. The molecule has 0 saturated carbocycles. The van der Waals surface area contributed by atoms with Gasteiger partial charge in [0.1, 0.15) is 12.5 Å². The lowest BCUT2D eigenvalue weighted by molar-refractivity contribution is -0.138. The number of rotatable bonds is 11. The summed E-state index contributed by atoms with van der Waals surface area (Å²) in [5, 5.41) is 28.5. The largest absolute Gasteiger partial charge is 0.481 e. The van der Waals surface area contributed by atoms with Crippen LogP contribution in [0.3, 0.4) is 0 Å². The summed E-state index contributed by atoms with van der Waals surface area (Å²) in [6.07, 6.45) is 9.03. The number of fused-ring (bicyclic) bond motifs is 2. The molecule has 4 aromatic carbocycles. The molecule has 0 fully saturated rings. The van der Waals surface area contributed by atoms with Gasteiger partial charge in [-0.1, -0.05) is 22.4 Å². The molecular formula is C48H38F6N10O5. The van der Waals surface area contributed by atoms with Crippen LogP contribution >= 0.6 is 0 Å². The fraction of sp³-hybridized carbons (Fsp3) is 0.125. The molecule has 0 atom stereocenters. The Morgan fingerprint density at radius 1 is 0.623 bits per heavy atom. The van der Waals surface area contributed by atoms with Gasteiger partial charge in [0.05, 0.1) is 58.7 Å². The number of carbonyl (C=O) groups is 2. The molecule has 0 aliphatic carbocycles. The number of carboxylic acid groups (broad SMARTS) is 1. The number of hydrogen-bond donors (Lipinski definition) is 5. The molecule has 0 bridgehead atoms. The van der Waals surface area contributed by atoms with Gasteiger partial charge in [-0.05, 0) is 96.8 Å². The summed E-state index contributed by atoms with van der Waals surface area (Å²) in [4.78, 5) is 28.6. The zero-order valence-electron chi connectivity index (χ0n) is 35.8. The van der Waals surface area contributed by atoms with Gasteiger partial charge in [-0.3, -0.25) is 9.59 Å². The second-order valence-electron chi connectivity index (χ2n) is 15.4. The molecule has 6 heterocycles. The van der Waals surface area contributed by atoms with E-state index in [1.54, 1.807) is 48.1 Å². The number of nitrogens with zero attached hydrogens (tertiary/aromatic N) is 6. The number of hydrogen-bond acceptors (Lipinski definition) is 9. The Balaban J connectivity index is 0.000000160. The monoisotopic (exact) mass is 948 g/mol. The van der Waals surface area contributed by atoms with Crippen LogP contribution in [-0.4, -0.2) is 56.8 Å². The van der Waals surface area contributed by atoms with E-state index in [-0.39, 0.29) is 18.7 Å². The van der Waals surface area contributed by atoms with E-state index in [0.29, 0.717) is 35.6 Å². The highest BCUT2D eigenvalue weighted by Crippen LogP contribution is 2.33. The summed E-state index contributed by atoms with van der Waals surface area (Å²) >= 11 is 0. The Morgan fingerprint density at radius 2 is 1.10 bits per heavy atom. The zero-order chi connectivity index (χ0) is 48.7. The Labute approximate surface area is 386 Å². The minimum Gasteiger partial charge on any atom is -0.481 e. The van der Waals surface area contributed by atoms with Crippen LogP contribution in [0.25, 0.3) is 55.4 Å². The second kappa shape index (κ2) is 19.9. The molecule has 21 heteroatoms. The fourth-order valence-corrected chi connectivity index (χ4v) is 6.98. The first kappa shape index (κ1) is 46.6. The third-order valence-electron chi connectivity index (χ3n) is 10.7. The number of carboxylic acids is 1. The number of nitrogens with one attached hydrogen (secondary N) is 3. The van der Waals surface area contributed by atoms with Crippen molar-refractivity contribution in [1.82, 2.24) is 39.8 Å². The van der Waals surface area contributed by atoms with Crippen molar-refractivity contribution in [3.05, 3.63) is 169 Å². The predicted molar refractivity (Wildman–Crippen MR) is 242 cm³/mol. The zero-order valence-corrected chi connectivity index (χ0v) is 35.8. The smallest absolute Gasteiger partial charge is 0.416 e. The lowest BCUT2D eigenvalue weighted by Gasteiger charge is -2.07. The number of benzene rings is 4.